The van der Waals surface area contributed by atoms with E-state index in [2.05, 4.69) is 75.3 Å². The van der Waals surface area contributed by atoms with Crippen LogP contribution in [-0.2, 0) is 30.2 Å². The summed E-state index contributed by atoms with van der Waals surface area (Å²) in [5.74, 6) is 0.190. The van der Waals surface area contributed by atoms with Gasteiger partial charge < -0.3 is 15.7 Å². The largest absolute Gasteiger partial charge is 0.507 e. The lowest BCUT2D eigenvalue weighted by atomic mass is 9.78. The van der Waals surface area contributed by atoms with Gasteiger partial charge in [-0.25, -0.2) is 9.18 Å². The standard InChI is InChI=1S/C35H46FN3O2/c1-34(2,3)29-21-24(22-30(32(29)40)35(4,5)6)14-15-26-11-7-8-13-31(26)38-33(41)37-28-16-18-39(19-17-28)23-25-10-9-12-27(36)20-25/h7-13,20-22,28,40H,14-19,23H2,1-6H3,(H2,37,38,41). The first kappa shape index (κ1) is 30.6. The Balaban J connectivity index is 1.36. The summed E-state index contributed by atoms with van der Waals surface area (Å²) in [6.45, 7) is 15.2. The maximum Gasteiger partial charge on any atom is 0.319 e. The zero-order valence-corrected chi connectivity index (χ0v) is 25.5. The van der Waals surface area contributed by atoms with Gasteiger partial charge in [-0.2, -0.15) is 0 Å². The number of aromatic hydroxyl groups is 1. The number of likely N-dealkylation sites (tertiary alicyclic amines) is 1. The maximum absolute atomic E-state index is 13.5. The van der Waals surface area contributed by atoms with Gasteiger partial charge in [-0.3, -0.25) is 4.90 Å². The fourth-order valence-electron chi connectivity index (χ4n) is 5.59. The van der Waals surface area contributed by atoms with Crippen molar-refractivity contribution in [2.45, 2.75) is 90.6 Å². The van der Waals surface area contributed by atoms with E-state index in [9.17, 15) is 14.3 Å². The number of para-hydroxylation sites is 1. The van der Waals surface area contributed by atoms with Gasteiger partial charge in [0.05, 0.1) is 0 Å². The number of carbonyl (C=O) groups excluding carboxylic acids is 1. The van der Waals surface area contributed by atoms with Crippen molar-refractivity contribution in [3.63, 3.8) is 0 Å². The molecule has 41 heavy (non-hydrogen) atoms. The van der Waals surface area contributed by atoms with E-state index in [0.717, 1.165) is 73.3 Å². The molecular weight excluding hydrogens is 513 g/mol. The third-order valence-corrected chi connectivity index (χ3v) is 7.95. The third-order valence-electron chi connectivity index (χ3n) is 7.95. The number of hydrogen-bond acceptors (Lipinski definition) is 3. The molecule has 0 radical (unpaired) electrons. The maximum atomic E-state index is 13.5. The fourth-order valence-corrected chi connectivity index (χ4v) is 5.59. The Bertz CT molecular complexity index is 1310. The van der Waals surface area contributed by atoms with Gasteiger partial charge in [0, 0.05) is 31.4 Å². The molecule has 0 aromatic heterocycles. The second-order valence-corrected chi connectivity index (χ2v) is 13.5. The van der Waals surface area contributed by atoms with Crippen molar-refractivity contribution in [2.24, 2.45) is 0 Å². The lowest BCUT2D eigenvalue weighted by Gasteiger charge is -2.32. The Labute approximate surface area is 245 Å². The van der Waals surface area contributed by atoms with Gasteiger partial charge in [-0.05, 0) is 82.5 Å². The Morgan fingerprint density at radius 1 is 0.878 bits per heavy atom. The smallest absolute Gasteiger partial charge is 0.319 e. The highest BCUT2D eigenvalue weighted by Crippen LogP contribution is 2.40. The molecule has 3 aromatic rings. The number of piperidine rings is 1. The number of carbonyl (C=O) groups is 1. The highest BCUT2D eigenvalue weighted by atomic mass is 19.1. The molecule has 0 saturated carbocycles. The average molecular weight is 560 g/mol. The van der Waals surface area contributed by atoms with Gasteiger partial charge in [-0.15, -0.1) is 0 Å². The number of phenolic OH excluding ortho intramolecular Hbond substituents is 1. The fraction of sp³-hybridized carbons (Fsp3) is 0.457. The Morgan fingerprint density at radius 2 is 1.51 bits per heavy atom. The van der Waals surface area contributed by atoms with Crippen LogP contribution in [0.2, 0.25) is 0 Å². The molecule has 5 nitrogen and oxygen atoms in total. The Morgan fingerprint density at radius 3 is 2.12 bits per heavy atom. The van der Waals surface area contributed by atoms with Crippen molar-refractivity contribution in [3.05, 3.63) is 94.3 Å². The molecule has 4 rings (SSSR count). The van der Waals surface area contributed by atoms with Crippen LogP contribution in [0.1, 0.15) is 82.2 Å². The SMILES string of the molecule is CC(C)(C)c1cc(CCc2ccccc2NC(=O)NC2CCN(Cc3cccc(F)c3)CC2)cc(C(C)(C)C)c1O. The first-order valence-electron chi connectivity index (χ1n) is 14.8. The van der Waals surface area contributed by atoms with Crippen molar-refractivity contribution in [2.75, 3.05) is 18.4 Å². The molecule has 3 aromatic carbocycles. The quantitative estimate of drug-likeness (QED) is 0.278. The zero-order valence-electron chi connectivity index (χ0n) is 25.5. The zero-order chi connectivity index (χ0) is 29.8. The Hall–Kier alpha value is -3.38. The number of nitrogens with one attached hydrogen (secondary N) is 2. The minimum absolute atomic E-state index is 0.106. The third kappa shape index (κ3) is 8.32. The van der Waals surface area contributed by atoms with Crippen LogP contribution in [0, 0.1) is 5.82 Å². The van der Waals surface area contributed by atoms with Gasteiger partial charge in [0.1, 0.15) is 11.6 Å². The van der Waals surface area contributed by atoms with E-state index in [1.165, 1.54) is 11.6 Å². The van der Waals surface area contributed by atoms with Gasteiger partial charge in [0.15, 0.2) is 0 Å². The van der Waals surface area contributed by atoms with Crippen LogP contribution in [-0.4, -0.2) is 35.2 Å². The number of benzene rings is 3. The van der Waals surface area contributed by atoms with E-state index in [1.807, 2.05) is 24.3 Å². The molecule has 2 amide bonds. The predicted molar refractivity (Wildman–Crippen MR) is 166 cm³/mol. The van der Waals surface area contributed by atoms with Crippen LogP contribution in [0.3, 0.4) is 0 Å². The van der Waals surface area contributed by atoms with Crippen LogP contribution < -0.4 is 10.6 Å². The summed E-state index contributed by atoms with van der Waals surface area (Å²) in [4.78, 5) is 15.3. The van der Waals surface area contributed by atoms with Gasteiger partial charge >= 0.3 is 6.03 Å². The lowest BCUT2D eigenvalue weighted by molar-refractivity contribution is 0.189. The van der Waals surface area contributed by atoms with Crippen LogP contribution >= 0.6 is 0 Å². The lowest BCUT2D eigenvalue weighted by Crippen LogP contribution is -2.45. The number of hydrogen-bond donors (Lipinski definition) is 3. The molecular formula is C35H46FN3O2. The molecule has 1 aliphatic rings. The molecule has 1 fully saturated rings. The van der Waals surface area contributed by atoms with Gasteiger partial charge in [-0.1, -0.05) is 84.0 Å². The normalized spacial score (nSPS) is 15.1. The average Bonchev–Trinajstić information content (AvgIpc) is 2.88. The van der Waals surface area contributed by atoms with Crippen LogP contribution in [0.4, 0.5) is 14.9 Å². The number of urea groups is 1. The first-order valence-corrected chi connectivity index (χ1v) is 14.8. The first-order chi connectivity index (χ1) is 19.3. The number of aryl methyl sites for hydroxylation is 2. The number of phenols is 1. The minimum Gasteiger partial charge on any atom is -0.507 e. The summed E-state index contributed by atoms with van der Waals surface area (Å²) in [7, 11) is 0. The molecule has 1 heterocycles. The van der Waals surface area contributed by atoms with Crippen molar-refractivity contribution in [1.82, 2.24) is 10.2 Å². The molecule has 1 saturated heterocycles. The number of rotatable bonds is 7. The number of amides is 2. The molecule has 3 N–H and O–H groups in total. The van der Waals surface area contributed by atoms with E-state index in [4.69, 9.17) is 0 Å². The van der Waals surface area contributed by atoms with Crippen LogP contribution in [0.5, 0.6) is 5.75 Å². The molecule has 0 unspecified atom stereocenters. The predicted octanol–water partition coefficient (Wildman–Crippen LogP) is 7.70. The van der Waals surface area contributed by atoms with Crippen molar-refractivity contribution in [3.8, 4) is 5.75 Å². The van der Waals surface area contributed by atoms with E-state index >= 15 is 0 Å². The summed E-state index contributed by atoms with van der Waals surface area (Å²) < 4.78 is 13.5. The highest BCUT2D eigenvalue weighted by Gasteiger charge is 2.27. The van der Waals surface area contributed by atoms with Crippen LogP contribution in [0.25, 0.3) is 0 Å². The molecule has 0 aliphatic carbocycles. The van der Waals surface area contributed by atoms with E-state index in [1.54, 1.807) is 12.1 Å². The van der Waals surface area contributed by atoms with Crippen molar-refractivity contribution in [1.29, 1.82) is 0 Å². The number of anilines is 1. The Kier molecular flexibility index (Phi) is 9.43. The summed E-state index contributed by atoms with van der Waals surface area (Å²) in [6, 6.07) is 18.9. The summed E-state index contributed by atoms with van der Waals surface area (Å²) in [5, 5.41) is 17.3. The molecule has 1 aliphatic heterocycles. The molecule has 220 valence electrons. The van der Waals surface area contributed by atoms with Crippen LogP contribution in [0.15, 0.2) is 60.7 Å². The van der Waals surface area contributed by atoms with Crippen molar-refractivity contribution < 1.29 is 14.3 Å². The number of nitrogens with zero attached hydrogens (tertiary/aromatic N) is 1. The molecule has 0 spiro atoms. The summed E-state index contributed by atoms with van der Waals surface area (Å²) in [6.07, 6.45) is 3.29. The molecule has 6 heteroatoms. The summed E-state index contributed by atoms with van der Waals surface area (Å²) in [5.41, 5.74) is 5.64. The highest BCUT2D eigenvalue weighted by molar-refractivity contribution is 5.90. The van der Waals surface area contributed by atoms with Crippen molar-refractivity contribution >= 4 is 11.7 Å². The van der Waals surface area contributed by atoms with E-state index < -0.39 is 0 Å². The second-order valence-electron chi connectivity index (χ2n) is 13.5. The second kappa shape index (κ2) is 12.6. The molecule has 0 atom stereocenters. The number of halogens is 1. The van der Waals surface area contributed by atoms with Gasteiger partial charge in [0.2, 0.25) is 0 Å². The monoisotopic (exact) mass is 559 g/mol. The van der Waals surface area contributed by atoms with E-state index in [-0.39, 0.29) is 28.7 Å². The summed E-state index contributed by atoms with van der Waals surface area (Å²) >= 11 is 0. The minimum atomic E-state index is -0.205. The van der Waals surface area contributed by atoms with E-state index in [0.29, 0.717) is 5.75 Å². The topological polar surface area (TPSA) is 64.6 Å². The molecule has 0 bridgehead atoms. The van der Waals surface area contributed by atoms with Gasteiger partial charge in [0.25, 0.3) is 0 Å².